The molecule has 132 valence electrons. The van der Waals surface area contributed by atoms with Crippen molar-refractivity contribution in [3.63, 3.8) is 0 Å². The van der Waals surface area contributed by atoms with Crippen molar-refractivity contribution in [1.82, 2.24) is 5.43 Å². The fourth-order valence-electron chi connectivity index (χ4n) is 2.28. The van der Waals surface area contributed by atoms with Crippen LogP contribution in [0.25, 0.3) is 11.3 Å². The Bertz CT molecular complexity index is 996. The smallest absolute Gasteiger partial charge is 0.272 e. The molecule has 0 fully saturated rings. The van der Waals surface area contributed by atoms with Crippen LogP contribution in [0.2, 0.25) is 15.1 Å². The Balaban J connectivity index is 1.71. The summed E-state index contributed by atoms with van der Waals surface area (Å²) < 4.78 is 5.66. The van der Waals surface area contributed by atoms with Gasteiger partial charge >= 0.3 is 0 Å². The first kappa shape index (κ1) is 18.5. The number of amides is 1. The minimum Gasteiger partial charge on any atom is -0.455 e. The van der Waals surface area contributed by atoms with Gasteiger partial charge < -0.3 is 4.42 Å². The van der Waals surface area contributed by atoms with E-state index in [1.54, 1.807) is 48.5 Å². The quantitative estimate of drug-likeness (QED) is 0.427. The van der Waals surface area contributed by atoms with Gasteiger partial charge in [0.1, 0.15) is 11.5 Å². The molecule has 26 heavy (non-hydrogen) atoms. The van der Waals surface area contributed by atoms with Gasteiger partial charge in [-0.3, -0.25) is 4.79 Å². The van der Waals surface area contributed by atoms with Crippen molar-refractivity contribution in [2.24, 2.45) is 5.10 Å². The lowest BCUT2D eigenvalue weighted by atomic mass is 10.1. The van der Waals surface area contributed by atoms with Crippen LogP contribution in [-0.4, -0.2) is 12.1 Å². The number of hydrogen-bond acceptors (Lipinski definition) is 3. The monoisotopic (exact) mass is 406 g/mol. The third-order valence-electron chi connectivity index (χ3n) is 3.57. The van der Waals surface area contributed by atoms with Crippen LogP contribution in [0.5, 0.6) is 0 Å². The van der Waals surface area contributed by atoms with Gasteiger partial charge in [-0.25, -0.2) is 5.43 Å². The summed E-state index contributed by atoms with van der Waals surface area (Å²) in [7, 11) is 0. The molecular weight excluding hydrogens is 395 g/mol. The largest absolute Gasteiger partial charge is 0.455 e. The summed E-state index contributed by atoms with van der Waals surface area (Å²) in [6, 6.07) is 13.9. The Morgan fingerprint density at radius 3 is 2.65 bits per heavy atom. The van der Waals surface area contributed by atoms with Gasteiger partial charge in [0.25, 0.3) is 5.91 Å². The van der Waals surface area contributed by atoms with Crippen molar-refractivity contribution in [3.05, 3.63) is 80.5 Å². The molecule has 0 aliphatic rings. The van der Waals surface area contributed by atoms with Crippen LogP contribution in [0.4, 0.5) is 0 Å². The molecule has 7 heteroatoms. The molecule has 2 aromatic carbocycles. The van der Waals surface area contributed by atoms with Gasteiger partial charge in [-0.2, -0.15) is 5.10 Å². The lowest BCUT2D eigenvalue weighted by Gasteiger charge is -2.03. The minimum absolute atomic E-state index is 0.347. The van der Waals surface area contributed by atoms with Crippen LogP contribution in [0.1, 0.15) is 21.7 Å². The number of furan rings is 1. The Hall–Kier alpha value is -2.27. The maximum Gasteiger partial charge on any atom is 0.272 e. The zero-order valence-electron chi connectivity index (χ0n) is 13.6. The molecule has 0 unspecified atom stereocenters. The highest BCUT2D eigenvalue weighted by Gasteiger charge is 2.11. The predicted octanol–water partition coefficient (Wildman–Crippen LogP) is 5.98. The lowest BCUT2D eigenvalue weighted by Crippen LogP contribution is -2.18. The normalized spacial score (nSPS) is 11.1. The summed E-state index contributed by atoms with van der Waals surface area (Å²) in [6.07, 6.45) is 1.39. The molecule has 1 amide bonds. The van der Waals surface area contributed by atoms with E-state index < -0.39 is 5.91 Å². The standard InChI is InChI=1S/C19H13Cl3N2O2/c1-11-5-7-13(16(21)9-11)19(25)24-23-10-12-6-8-17(26-12)14-3-2-4-15(20)18(14)22/h2-10H,1H3,(H,24,25)/b23-10+. The van der Waals surface area contributed by atoms with E-state index in [-0.39, 0.29) is 0 Å². The highest BCUT2D eigenvalue weighted by atomic mass is 35.5. The number of hydrogen-bond donors (Lipinski definition) is 1. The van der Waals surface area contributed by atoms with E-state index in [2.05, 4.69) is 10.5 Å². The van der Waals surface area contributed by atoms with Gasteiger partial charge in [-0.1, -0.05) is 46.9 Å². The number of hydrazone groups is 1. The van der Waals surface area contributed by atoms with Gasteiger partial charge in [-0.05, 0) is 48.9 Å². The number of nitrogens with zero attached hydrogens (tertiary/aromatic N) is 1. The first-order valence-electron chi connectivity index (χ1n) is 7.59. The second-order valence-electron chi connectivity index (χ2n) is 5.49. The molecule has 0 saturated heterocycles. The van der Waals surface area contributed by atoms with Crippen molar-refractivity contribution < 1.29 is 9.21 Å². The summed E-state index contributed by atoms with van der Waals surface area (Å²) >= 11 is 18.3. The van der Waals surface area contributed by atoms with E-state index in [0.717, 1.165) is 5.56 Å². The molecule has 1 heterocycles. The number of aryl methyl sites for hydroxylation is 1. The number of benzene rings is 2. The van der Waals surface area contributed by atoms with Gasteiger partial charge in [0.2, 0.25) is 0 Å². The van der Waals surface area contributed by atoms with E-state index in [4.69, 9.17) is 39.2 Å². The molecule has 3 rings (SSSR count). The molecule has 0 spiro atoms. The van der Waals surface area contributed by atoms with Crippen LogP contribution in [0, 0.1) is 6.92 Å². The van der Waals surface area contributed by atoms with Crippen LogP contribution >= 0.6 is 34.8 Å². The summed E-state index contributed by atoms with van der Waals surface area (Å²) in [4.78, 5) is 12.1. The molecule has 0 aliphatic carbocycles. The van der Waals surface area contributed by atoms with E-state index in [9.17, 15) is 4.79 Å². The SMILES string of the molecule is Cc1ccc(C(=O)N/N=C/c2ccc(-c3cccc(Cl)c3Cl)o2)c(Cl)c1. The summed E-state index contributed by atoms with van der Waals surface area (Å²) in [5.41, 5.74) is 4.41. The van der Waals surface area contributed by atoms with Crippen molar-refractivity contribution in [2.45, 2.75) is 6.92 Å². The van der Waals surface area contributed by atoms with Gasteiger partial charge in [0, 0.05) is 5.56 Å². The zero-order valence-corrected chi connectivity index (χ0v) is 15.9. The van der Waals surface area contributed by atoms with Crippen LogP contribution in [0.15, 0.2) is 58.0 Å². The fourth-order valence-corrected chi connectivity index (χ4v) is 2.99. The van der Waals surface area contributed by atoms with Gasteiger partial charge in [0.05, 0.1) is 26.8 Å². The predicted molar refractivity (Wildman–Crippen MR) is 105 cm³/mol. The van der Waals surface area contributed by atoms with Crippen LogP contribution < -0.4 is 5.43 Å². The van der Waals surface area contributed by atoms with E-state index in [0.29, 0.717) is 37.7 Å². The van der Waals surface area contributed by atoms with Crippen molar-refractivity contribution in [2.75, 3.05) is 0 Å². The van der Waals surface area contributed by atoms with Crippen molar-refractivity contribution in [1.29, 1.82) is 0 Å². The van der Waals surface area contributed by atoms with E-state index in [1.165, 1.54) is 6.21 Å². The summed E-state index contributed by atoms with van der Waals surface area (Å²) in [5.74, 6) is 0.592. The van der Waals surface area contributed by atoms with E-state index in [1.807, 2.05) is 6.92 Å². The second-order valence-corrected chi connectivity index (χ2v) is 6.68. The zero-order chi connectivity index (χ0) is 18.7. The topological polar surface area (TPSA) is 54.6 Å². The van der Waals surface area contributed by atoms with Crippen molar-refractivity contribution >= 4 is 46.9 Å². The number of rotatable bonds is 4. The Morgan fingerprint density at radius 2 is 1.88 bits per heavy atom. The molecule has 0 atom stereocenters. The second kappa shape index (κ2) is 7.96. The minimum atomic E-state index is -0.407. The number of carbonyl (C=O) groups is 1. The van der Waals surface area contributed by atoms with Gasteiger partial charge in [0.15, 0.2) is 0 Å². The van der Waals surface area contributed by atoms with Gasteiger partial charge in [-0.15, -0.1) is 0 Å². The number of nitrogens with one attached hydrogen (secondary N) is 1. The van der Waals surface area contributed by atoms with E-state index >= 15 is 0 Å². The molecule has 0 aliphatic heterocycles. The average Bonchev–Trinajstić information content (AvgIpc) is 3.06. The first-order chi connectivity index (χ1) is 12.5. The molecule has 1 aromatic heterocycles. The highest BCUT2D eigenvalue weighted by Crippen LogP contribution is 2.34. The molecule has 0 bridgehead atoms. The molecular formula is C19H13Cl3N2O2. The molecule has 1 N–H and O–H groups in total. The van der Waals surface area contributed by atoms with Crippen LogP contribution in [0.3, 0.4) is 0 Å². The summed E-state index contributed by atoms with van der Waals surface area (Å²) in [6.45, 7) is 1.90. The summed E-state index contributed by atoms with van der Waals surface area (Å²) in [5, 5.41) is 5.12. The van der Waals surface area contributed by atoms with Crippen molar-refractivity contribution in [3.8, 4) is 11.3 Å². The molecule has 0 saturated carbocycles. The lowest BCUT2D eigenvalue weighted by molar-refractivity contribution is 0.0955. The first-order valence-corrected chi connectivity index (χ1v) is 8.73. The Morgan fingerprint density at radius 1 is 1.08 bits per heavy atom. The Labute approximate surface area is 165 Å². The molecule has 3 aromatic rings. The third kappa shape index (κ3) is 4.10. The number of carbonyl (C=O) groups excluding carboxylic acids is 1. The Kier molecular flexibility index (Phi) is 5.67. The van der Waals surface area contributed by atoms with Crippen LogP contribution in [-0.2, 0) is 0 Å². The fraction of sp³-hybridized carbons (Fsp3) is 0.0526. The highest BCUT2D eigenvalue weighted by molar-refractivity contribution is 6.43. The third-order valence-corrected chi connectivity index (χ3v) is 4.70. The maximum absolute atomic E-state index is 12.1. The average molecular weight is 408 g/mol. The molecule has 0 radical (unpaired) electrons. The molecule has 4 nitrogen and oxygen atoms in total. The maximum atomic E-state index is 12.1. The number of halogens is 3.